The summed E-state index contributed by atoms with van der Waals surface area (Å²) in [4.78, 5) is 11.6. The van der Waals surface area contributed by atoms with E-state index in [1.165, 1.54) is 0 Å². The first-order valence-electron chi connectivity index (χ1n) is 5.49. The van der Waals surface area contributed by atoms with Crippen LogP contribution >= 0.6 is 0 Å². The van der Waals surface area contributed by atoms with Crippen LogP contribution in [-0.2, 0) is 11.3 Å². The summed E-state index contributed by atoms with van der Waals surface area (Å²) >= 11 is 0. The molecule has 0 aliphatic heterocycles. The molecule has 2 rings (SSSR count). The zero-order valence-electron chi connectivity index (χ0n) is 9.35. The molecule has 2 aromatic rings. The monoisotopic (exact) mass is 217 g/mol. The van der Waals surface area contributed by atoms with Crippen molar-refractivity contribution in [3.63, 3.8) is 0 Å². The van der Waals surface area contributed by atoms with E-state index in [1.54, 1.807) is 6.07 Å². The van der Waals surface area contributed by atoms with Gasteiger partial charge in [-0.1, -0.05) is 12.1 Å². The zero-order valence-corrected chi connectivity index (χ0v) is 9.35. The number of fused-ring (bicyclic) bond motifs is 1. The van der Waals surface area contributed by atoms with E-state index >= 15 is 0 Å². The highest BCUT2D eigenvalue weighted by atomic mass is 16.5. The number of ether oxygens (including phenoxy) is 1. The van der Waals surface area contributed by atoms with E-state index in [4.69, 9.17) is 4.74 Å². The Morgan fingerprint density at radius 3 is 2.88 bits per heavy atom. The van der Waals surface area contributed by atoms with Crippen LogP contribution in [0.1, 0.15) is 6.92 Å². The van der Waals surface area contributed by atoms with E-state index in [-0.39, 0.29) is 5.43 Å². The van der Waals surface area contributed by atoms with Gasteiger partial charge in [0, 0.05) is 30.8 Å². The van der Waals surface area contributed by atoms with Crippen LogP contribution in [0.4, 0.5) is 0 Å². The van der Waals surface area contributed by atoms with Crippen molar-refractivity contribution >= 4 is 10.9 Å². The fourth-order valence-electron chi connectivity index (χ4n) is 1.76. The van der Waals surface area contributed by atoms with Gasteiger partial charge in [0.2, 0.25) is 0 Å². The Balaban J connectivity index is 2.38. The molecule has 0 spiro atoms. The van der Waals surface area contributed by atoms with Crippen LogP contribution in [-0.4, -0.2) is 17.8 Å². The number of hydrogen-bond acceptors (Lipinski definition) is 2. The van der Waals surface area contributed by atoms with Gasteiger partial charge in [-0.05, 0) is 19.1 Å². The first-order chi connectivity index (χ1) is 7.83. The fraction of sp³-hybridized carbons (Fsp3) is 0.308. The van der Waals surface area contributed by atoms with Gasteiger partial charge >= 0.3 is 0 Å². The maximum absolute atomic E-state index is 11.6. The largest absolute Gasteiger partial charge is 0.380 e. The van der Waals surface area contributed by atoms with E-state index in [2.05, 4.69) is 0 Å². The maximum Gasteiger partial charge on any atom is 0.189 e. The van der Waals surface area contributed by atoms with E-state index in [0.717, 1.165) is 24.1 Å². The summed E-state index contributed by atoms with van der Waals surface area (Å²) in [6, 6.07) is 9.25. The highest BCUT2D eigenvalue weighted by molar-refractivity contribution is 5.78. The van der Waals surface area contributed by atoms with Gasteiger partial charge in [-0.15, -0.1) is 0 Å². The molecule has 3 nitrogen and oxygen atoms in total. The highest BCUT2D eigenvalue weighted by Gasteiger charge is 2.00. The predicted molar refractivity (Wildman–Crippen MR) is 64.7 cm³/mol. The molecular formula is C13H15NO2. The lowest BCUT2D eigenvalue weighted by atomic mass is 10.2. The molecule has 0 atom stereocenters. The second-order valence-electron chi connectivity index (χ2n) is 3.59. The normalized spacial score (nSPS) is 10.8. The Labute approximate surface area is 94.3 Å². The minimum Gasteiger partial charge on any atom is -0.380 e. The molecule has 0 saturated heterocycles. The molecule has 0 aliphatic carbocycles. The molecule has 1 aromatic carbocycles. The SMILES string of the molecule is CCOCCn1ccc(=O)c2ccccc21. The molecule has 0 unspecified atom stereocenters. The molecule has 0 N–H and O–H groups in total. The summed E-state index contributed by atoms with van der Waals surface area (Å²) in [6.07, 6.45) is 1.82. The van der Waals surface area contributed by atoms with Crippen molar-refractivity contribution in [3.05, 3.63) is 46.8 Å². The molecule has 0 aliphatic rings. The van der Waals surface area contributed by atoms with Crippen molar-refractivity contribution < 1.29 is 4.74 Å². The third-order valence-electron chi connectivity index (χ3n) is 2.57. The highest BCUT2D eigenvalue weighted by Crippen LogP contribution is 2.08. The molecule has 3 heteroatoms. The van der Waals surface area contributed by atoms with E-state index in [9.17, 15) is 4.79 Å². The summed E-state index contributed by atoms with van der Waals surface area (Å²) in [5.41, 5.74) is 1.04. The average Bonchev–Trinajstić information content (AvgIpc) is 2.33. The molecule has 0 fully saturated rings. The molecule has 1 heterocycles. The Morgan fingerprint density at radius 1 is 1.25 bits per heavy atom. The van der Waals surface area contributed by atoms with Crippen LogP contribution in [0.5, 0.6) is 0 Å². The van der Waals surface area contributed by atoms with Crippen LogP contribution in [0.25, 0.3) is 10.9 Å². The van der Waals surface area contributed by atoms with Gasteiger partial charge in [-0.3, -0.25) is 4.79 Å². The van der Waals surface area contributed by atoms with Gasteiger partial charge < -0.3 is 9.30 Å². The molecule has 0 radical (unpaired) electrons. The Morgan fingerprint density at radius 2 is 2.06 bits per heavy atom. The van der Waals surface area contributed by atoms with E-state index in [0.29, 0.717) is 6.61 Å². The minimum absolute atomic E-state index is 0.0725. The zero-order chi connectivity index (χ0) is 11.4. The third-order valence-corrected chi connectivity index (χ3v) is 2.57. The van der Waals surface area contributed by atoms with Gasteiger partial charge in [0.15, 0.2) is 5.43 Å². The Bertz CT molecular complexity index is 531. The number of pyridine rings is 1. The molecular weight excluding hydrogens is 202 g/mol. The molecule has 0 saturated carbocycles. The van der Waals surface area contributed by atoms with Gasteiger partial charge in [-0.2, -0.15) is 0 Å². The lowest BCUT2D eigenvalue weighted by Gasteiger charge is -2.10. The molecule has 16 heavy (non-hydrogen) atoms. The molecule has 1 aromatic heterocycles. The van der Waals surface area contributed by atoms with Crippen LogP contribution < -0.4 is 5.43 Å². The first-order valence-corrected chi connectivity index (χ1v) is 5.49. The van der Waals surface area contributed by atoms with Gasteiger partial charge in [0.25, 0.3) is 0 Å². The van der Waals surface area contributed by atoms with Gasteiger partial charge in [-0.25, -0.2) is 0 Å². The van der Waals surface area contributed by atoms with Crippen molar-refractivity contribution in [1.29, 1.82) is 0 Å². The smallest absolute Gasteiger partial charge is 0.189 e. The third kappa shape index (κ3) is 2.14. The summed E-state index contributed by atoms with van der Waals surface area (Å²) in [5.74, 6) is 0. The van der Waals surface area contributed by atoms with Crippen LogP contribution in [0.3, 0.4) is 0 Å². The molecule has 0 amide bonds. The summed E-state index contributed by atoms with van der Waals surface area (Å²) in [6.45, 7) is 4.14. The van der Waals surface area contributed by atoms with E-state index < -0.39 is 0 Å². The van der Waals surface area contributed by atoms with Crippen molar-refractivity contribution in [2.45, 2.75) is 13.5 Å². The van der Waals surface area contributed by atoms with Crippen molar-refractivity contribution in [2.24, 2.45) is 0 Å². The first kappa shape index (κ1) is 10.9. The second kappa shape index (κ2) is 4.94. The standard InChI is InChI=1S/C13H15NO2/c1-2-16-10-9-14-8-7-13(15)11-5-3-4-6-12(11)14/h3-8H,2,9-10H2,1H3. The average molecular weight is 217 g/mol. The number of aromatic nitrogens is 1. The lowest BCUT2D eigenvalue weighted by Crippen LogP contribution is -2.11. The second-order valence-corrected chi connectivity index (χ2v) is 3.59. The van der Waals surface area contributed by atoms with Crippen LogP contribution in [0, 0.1) is 0 Å². The molecule has 84 valence electrons. The quantitative estimate of drug-likeness (QED) is 0.734. The predicted octanol–water partition coefficient (Wildman–Crippen LogP) is 2.04. The van der Waals surface area contributed by atoms with Crippen LogP contribution in [0.15, 0.2) is 41.3 Å². The topological polar surface area (TPSA) is 31.2 Å². The number of hydrogen-bond donors (Lipinski definition) is 0. The minimum atomic E-state index is 0.0725. The maximum atomic E-state index is 11.6. The van der Waals surface area contributed by atoms with Crippen LogP contribution in [0.2, 0.25) is 0 Å². The Hall–Kier alpha value is -1.61. The van der Waals surface area contributed by atoms with E-state index in [1.807, 2.05) is 42.0 Å². The van der Waals surface area contributed by atoms with Crippen molar-refractivity contribution in [2.75, 3.05) is 13.2 Å². The lowest BCUT2D eigenvalue weighted by molar-refractivity contribution is 0.140. The van der Waals surface area contributed by atoms with Crippen molar-refractivity contribution in [1.82, 2.24) is 4.57 Å². The summed E-state index contributed by atoms with van der Waals surface area (Å²) < 4.78 is 7.37. The number of benzene rings is 1. The van der Waals surface area contributed by atoms with Gasteiger partial charge in [0.1, 0.15) is 0 Å². The summed E-state index contributed by atoms with van der Waals surface area (Å²) in [5, 5.41) is 0.765. The number of rotatable bonds is 4. The van der Waals surface area contributed by atoms with Gasteiger partial charge in [0.05, 0.1) is 12.1 Å². The number of nitrogens with zero attached hydrogens (tertiary/aromatic N) is 1. The van der Waals surface area contributed by atoms with Crippen molar-refractivity contribution in [3.8, 4) is 0 Å². The molecule has 0 bridgehead atoms. The Kier molecular flexibility index (Phi) is 3.37. The fourth-order valence-corrected chi connectivity index (χ4v) is 1.76. The number of para-hydroxylation sites is 1. The summed E-state index contributed by atoms with van der Waals surface area (Å²) in [7, 11) is 0.